The molecule has 0 aliphatic heterocycles. The van der Waals surface area contributed by atoms with Crippen LogP contribution in [0.1, 0.15) is 19.8 Å². The summed E-state index contributed by atoms with van der Waals surface area (Å²) in [5.41, 5.74) is 0. The summed E-state index contributed by atoms with van der Waals surface area (Å²) in [7, 11) is 0. The van der Waals surface area contributed by atoms with Crippen molar-refractivity contribution in [3.05, 3.63) is 28.2 Å². The van der Waals surface area contributed by atoms with Gasteiger partial charge < -0.3 is 9.47 Å². The molecule has 0 amide bonds. The fourth-order valence-corrected chi connectivity index (χ4v) is 2.80. The van der Waals surface area contributed by atoms with Crippen LogP contribution < -0.4 is 4.74 Å². The van der Waals surface area contributed by atoms with Gasteiger partial charge >= 0.3 is 0 Å². The van der Waals surface area contributed by atoms with E-state index < -0.39 is 0 Å². The molecule has 0 aromatic heterocycles. The van der Waals surface area contributed by atoms with Crippen LogP contribution in [0.4, 0.5) is 0 Å². The molecule has 2 nitrogen and oxygen atoms in total. The van der Waals surface area contributed by atoms with E-state index in [2.05, 4.69) is 6.92 Å². The third kappa shape index (κ3) is 3.45. The molecule has 0 saturated heterocycles. The van der Waals surface area contributed by atoms with Crippen molar-refractivity contribution in [2.45, 2.75) is 37.4 Å². The van der Waals surface area contributed by atoms with Gasteiger partial charge in [-0.1, -0.05) is 30.1 Å². The first kappa shape index (κ1) is 14.3. The van der Waals surface area contributed by atoms with Crippen LogP contribution in [0.15, 0.2) is 18.2 Å². The summed E-state index contributed by atoms with van der Waals surface area (Å²) in [6.07, 6.45) is 1.67. The molecule has 0 spiro atoms. The average Bonchev–Trinajstić information content (AvgIpc) is 2.27. The fourth-order valence-electron chi connectivity index (χ4n) is 1.88. The summed E-state index contributed by atoms with van der Waals surface area (Å²) >= 11 is 18.0. The molecule has 100 valence electrons. The number of ether oxygens (including phenoxy) is 2. The highest BCUT2D eigenvalue weighted by Gasteiger charge is 2.42. The summed E-state index contributed by atoms with van der Waals surface area (Å²) in [6.45, 7) is 2.76. The molecule has 18 heavy (non-hydrogen) atoms. The molecule has 1 fully saturated rings. The van der Waals surface area contributed by atoms with Crippen molar-refractivity contribution in [1.29, 1.82) is 0 Å². The van der Waals surface area contributed by atoms with Crippen molar-refractivity contribution in [3.63, 3.8) is 0 Å². The van der Waals surface area contributed by atoms with E-state index in [0.717, 1.165) is 12.8 Å². The molecule has 1 aliphatic rings. The maximum Gasteiger partial charge on any atom is 0.128 e. The second-order valence-electron chi connectivity index (χ2n) is 4.35. The van der Waals surface area contributed by atoms with Crippen LogP contribution in [-0.2, 0) is 4.74 Å². The lowest BCUT2D eigenvalue weighted by Gasteiger charge is -2.40. The maximum atomic E-state index is 6.12. The zero-order valence-electron chi connectivity index (χ0n) is 10.0. The van der Waals surface area contributed by atoms with Gasteiger partial charge in [0, 0.05) is 23.1 Å². The minimum absolute atomic E-state index is 0.0198. The van der Waals surface area contributed by atoms with Gasteiger partial charge in [-0.2, -0.15) is 0 Å². The lowest BCUT2D eigenvalue weighted by molar-refractivity contribution is -0.0797. The quantitative estimate of drug-likeness (QED) is 0.743. The molecule has 1 aromatic carbocycles. The Labute approximate surface area is 122 Å². The second-order valence-corrected chi connectivity index (χ2v) is 5.78. The predicted octanol–water partition coefficient (Wildman–Crippen LogP) is 4.55. The van der Waals surface area contributed by atoms with E-state index in [0.29, 0.717) is 22.4 Å². The van der Waals surface area contributed by atoms with Crippen molar-refractivity contribution in [2.24, 2.45) is 0 Å². The molecule has 0 N–H and O–H groups in total. The smallest absolute Gasteiger partial charge is 0.128 e. The van der Waals surface area contributed by atoms with E-state index in [1.807, 2.05) is 0 Å². The van der Waals surface area contributed by atoms with Crippen LogP contribution in [0.2, 0.25) is 10.0 Å². The molecule has 2 rings (SSSR count). The molecule has 5 heteroatoms. The van der Waals surface area contributed by atoms with E-state index in [1.54, 1.807) is 18.2 Å². The van der Waals surface area contributed by atoms with Gasteiger partial charge in [-0.15, -0.1) is 11.6 Å². The Bertz CT molecular complexity index is 391. The minimum atomic E-state index is -0.0515. The van der Waals surface area contributed by atoms with Crippen molar-refractivity contribution < 1.29 is 9.47 Å². The van der Waals surface area contributed by atoms with Crippen LogP contribution in [0.3, 0.4) is 0 Å². The number of hydrogen-bond donors (Lipinski definition) is 0. The van der Waals surface area contributed by atoms with Crippen LogP contribution in [-0.4, -0.2) is 24.2 Å². The minimum Gasteiger partial charge on any atom is -0.487 e. The van der Waals surface area contributed by atoms with E-state index in [-0.39, 0.29) is 17.6 Å². The first-order valence-corrected chi connectivity index (χ1v) is 7.18. The molecule has 3 unspecified atom stereocenters. The topological polar surface area (TPSA) is 18.5 Å². The zero-order valence-corrected chi connectivity index (χ0v) is 12.3. The Balaban J connectivity index is 1.96. The van der Waals surface area contributed by atoms with Crippen molar-refractivity contribution in [1.82, 2.24) is 0 Å². The Morgan fingerprint density at radius 3 is 2.44 bits per heavy atom. The van der Waals surface area contributed by atoms with Gasteiger partial charge in [0.15, 0.2) is 0 Å². The van der Waals surface area contributed by atoms with Gasteiger partial charge in [0.2, 0.25) is 0 Å². The third-order valence-electron chi connectivity index (χ3n) is 2.82. The fraction of sp³-hybridized carbons (Fsp3) is 0.538. The standard InChI is InChI=1S/C13H15Cl3O2/c1-2-3-17-13-11(16)7-12(13)18-10-5-8(14)4-9(15)6-10/h4-6,11-13H,2-3,7H2,1H3. The van der Waals surface area contributed by atoms with Gasteiger partial charge in [-0.05, 0) is 24.6 Å². The van der Waals surface area contributed by atoms with Gasteiger partial charge in [-0.3, -0.25) is 0 Å². The molecule has 1 aliphatic carbocycles. The molecular weight excluding hydrogens is 294 g/mol. The monoisotopic (exact) mass is 308 g/mol. The van der Waals surface area contributed by atoms with E-state index in [4.69, 9.17) is 44.3 Å². The molecule has 0 radical (unpaired) electrons. The largest absolute Gasteiger partial charge is 0.487 e. The van der Waals surface area contributed by atoms with Crippen LogP contribution in [0.25, 0.3) is 0 Å². The molecule has 3 atom stereocenters. The highest BCUT2D eigenvalue weighted by molar-refractivity contribution is 6.34. The van der Waals surface area contributed by atoms with E-state index >= 15 is 0 Å². The Morgan fingerprint density at radius 2 is 1.89 bits per heavy atom. The molecule has 1 aromatic rings. The summed E-state index contributed by atoms with van der Waals surface area (Å²) in [4.78, 5) is 0. The number of halogens is 3. The predicted molar refractivity (Wildman–Crippen MR) is 75.2 cm³/mol. The average molecular weight is 310 g/mol. The van der Waals surface area contributed by atoms with Gasteiger partial charge in [-0.25, -0.2) is 0 Å². The molecular formula is C13H15Cl3O2. The SMILES string of the molecule is CCCOC1C(Cl)CC1Oc1cc(Cl)cc(Cl)c1. The first-order valence-electron chi connectivity index (χ1n) is 5.98. The zero-order chi connectivity index (χ0) is 13.1. The van der Waals surface area contributed by atoms with Crippen LogP contribution in [0, 0.1) is 0 Å². The molecule has 0 heterocycles. The van der Waals surface area contributed by atoms with Crippen LogP contribution in [0.5, 0.6) is 5.75 Å². The Hall–Kier alpha value is -0.150. The first-order chi connectivity index (χ1) is 8.60. The van der Waals surface area contributed by atoms with Gasteiger partial charge in [0.1, 0.15) is 18.0 Å². The summed E-state index contributed by atoms with van der Waals surface area (Å²) in [6, 6.07) is 5.16. The van der Waals surface area contributed by atoms with Crippen LogP contribution >= 0.6 is 34.8 Å². The highest BCUT2D eigenvalue weighted by atomic mass is 35.5. The summed E-state index contributed by atoms with van der Waals surface area (Å²) in [5.74, 6) is 0.658. The normalized spacial score (nSPS) is 26.8. The van der Waals surface area contributed by atoms with Crippen molar-refractivity contribution in [3.8, 4) is 5.75 Å². The second kappa shape index (κ2) is 6.33. The lowest BCUT2D eigenvalue weighted by Crippen LogP contribution is -2.52. The number of rotatable bonds is 5. The van der Waals surface area contributed by atoms with Crippen molar-refractivity contribution in [2.75, 3.05) is 6.61 Å². The third-order valence-corrected chi connectivity index (χ3v) is 3.68. The van der Waals surface area contributed by atoms with Gasteiger partial charge in [0.05, 0.1) is 5.38 Å². The van der Waals surface area contributed by atoms with E-state index in [1.165, 1.54) is 0 Å². The van der Waals surface area contributed by atoms with E-state index in [9.17, 15) is 0 Å². The van der Waals surface area contributed by atoms with Gasteiger partial charge in [0.25, 0.3) is 0 Å². The maximum absolute atomic E-state index is 6.12. The lowest BCUT2D eigenvalue weighted by atomic mass is 9.91. The number of alkyl halides is 1. The molecule has 0 bridgehead atoms. The summed E-state index contributed by atoms with van der Waals surface area (Å²) in [5, 5.41) is 1.15. The Kier molecular flexibility index (Phi) is 5.02. The highest BCUT2D eigenvalue weighted by Crippen LogP contribution is 2.34. The Morgan fingerprint density at radius 1 is 1.22 bits per heavy atom. The van der Waals surface area contributed by atoms with Crippen molar-refractivity contribution >= 4 is 34.8 Å². The number of benzene rings is 1. The number of hydrogen-bond acceptors (Lipinski definition) is 2. The summed E-state index contributed by atoms with van der Waals surface area (Å²) < 4.78 is 11.5. The molecule has 1 saturated carbocycles.